The minimum atomic E-state index is 0.680. The molecule has 0 atom stereocenters. The molecule has 17 heteroatoms. The number of fused-ring (bicyclic) bond motifs is 30. The summed E-state index contributed by atoms with van der Waals surface area (Å²) < 4.78 is 69.6. The fraction of sp³-hybridized carbons (Fsp3) is 0.117. The second-order valence-electron chi connectivity index (χ2n) is 39.0. The van der Waals surface area contributed by atoms with Crippen LogP contribution in [0.4, 0.5) is 0 Å². The predicted molar refractivity (Wildman–Crippen MR) is 587 cm³/mol. The second-order valence-corrected chi connectivity index (χ2v) is 40.1. The summed E-state index contributed by atoms with van der Waals surface area (Å²) in [6, 6.07) is 101. The van der Waals surface area contributed by atoms with Gasteiger partial charge in [0.2, 0.25) is 52.3 Å². The molecule has 0 saturated carbocycles. The van der Waals surface area contributed by atoms with Crippen molar-refractivity contribution in [1.82, 2.24) is 9.97 Å². The molecule has 0 fully saturated rings. The number of thiophene rings is 1. The second kappa shape index (κ2) is 33.8. The Morgan fingerprint density at radius 1 is 0.186 bits per heavy atom. The van der Waals surface area contributed by atoms with Gasteiger partial charge in [-0.1, -0.05) is 188 Å². The summed E-state index contributed by atoms with van der Waals surface area (Å²) in [5, 5.41) is 22.8. The molecule has 0 spiro atoms. The van der Waals surface area contributed by atoms with Crippen LogP contribution in [-0.4, -0.2) is 9.97 Å². The van der Waals surface area contributed by atoms with E-state index >= 15 is 0 Å². The standard InChI is InChI=1S/2C26H20NO2.C26H20NOS.2C25H19N2O2/c1-15-8-10-18-19-11-9-16(2)25(26(19)29-23(18)12-15)21-13-24-20(14-27(21)3)17-6-4-5-7-22(17)28-24;1-15-8-10-18-19-11-9-16(2)25(26(19)29-23(18)12-15)21-13-20-17-6-4-5-7-22(17)28-24(20)14-27(21)3;1-15-8-10-17-19-11-9-16(2)25(26(19)28-22(17)12-15)21-13-20-18-6-4-5-7-23(18)29-24(20)14-27(21)3;1-14-8-10-17-18-11-9-15(2)26-25(18)29-24(17)23(14)20-12-22-19(13-27(20)3)16-6-4-5-7-21(16)28-22;1-14-8-10-17-18-11-9-15(2)26-25(18)29-24(17)23(14)20-12-19-16-6-4-5-7-21(16)28-22(19)13-27(20)3/h3*4-14H,1-3H3;2*4-13H,1-3H3/q5*+1. The van der Waals surface area contributed by atoms with E-state index < -0.39 is 0 Å². The van der Waals surface area contributed by atoms with Crippen LogP contribution in [0.2, 0.25) is 0 Å². The van der Waals surface area contributed by atoms with E-state index in [1.807, 2.05) is 117 Å². The van der Waals surface area contributed by atoms with Gasteiger partial charge in [-0.25, -0.2) is 19.1 Å². The highest BCUT2D eigenvalue weighted by Crippen LogP contribution is 2.48. The fourth-order valence-corrected chi connectivity index (χ4v) is 23.0. The Morgan fingerprint density at radius 3 is 0.828 bits per heavy atom. The molecule has 17 aromatic heterocycles. The van der Waals surface area contributed by atoms with E-state index in [1.54, 1.807) is 0 Å². The van der Waals surface area contributed by atoms with Crippen molar-refractivity contribution in [3.63, 3.8) is 0 Å². The normalized spacial score (nSPS) is 12.0. The summed E-state index contributed by atoms with van der Waals surface area (Å²) in [5.74, 6) is 0. The first-order valence-electron chi connectivity index (χ1n) is 48.9. The van der Waals surface area contributed by atoms with Crippen LogP contribution < -0.4 is 22.8 Å². The molecule has 0 unspecified atom stereocenters. The van der Waals surface area contributed by atoms with Crippen LogP contribution in [0, 0.1) is 69.2 Å². The lowest BCUT2D eigenvalue weighted by Gasteiger charge is -2.06. The molecule has 30 aromatic rings. The maximum Gasteiger partial charge on any atom is 0.227 e. The Kier molecular flexibility index (Phi) is 20.4. The fourth-order valence-electron chi connectivity index (χ4n) is 21.9. The number of furan rings is 9. The van der Waals surface area contributed by atoms with Crippen molar-refractivity contribution in [2.45, 2.75) is 69.2 Å². The first-order valence-corrected chi connectivity index (χ1v) is 49.7. The molecule has 16 nitrogen and oxygen atoms in total. The molecule has 0 aliphatic heterocycles. The highest BCUT2D eigenvalue weighted by Gasteiger charge is 2.32. The Labute approximate surface area is 834 Å². The summed E-state index contributed by atoms with van der Waals surface area (Å²) in [6.07, 6.45) is 10.7. The number of hydrogen-bond acceptors (Lipinski definition) is 12. The zero-order valence-corrected chi connectivity index (χ0v) is 83.6. The lowest BCUT2D eigenvalue weighted by molar-refractivity contribution is -0.659. The molecule has 0 saturated heterocycles. The first-order chi connectivity index (χ1) is 70.5. The molecular formula is C128H98N7O9S+5. The maximum absolute atomic E-state index is 6.42. The van der Waals surface area contributed by atoms with Gasteiger partial charge in [0.25, 0.3) is 0 Å². The van der Waals surface area contributed by atoms with Gasteiger partial charge < -0.3 is 39.8 Å². The topological polar surface area (TPSA) is 163 Å². The molecule has 700 valence electrons. The lowest BCUT2D eigenvalue weighted by atomic mass is 9.99. The van der Waals surface area contributed by atoms with Crippen LogP contribution in [0.3, 0.4) is 0 Å². The lowest BCUT2D eigenvalue weighted by Crippen LogP contribution is -2.30. The van der Waals surface area contributed by atoms with Gasteiger partial charge in [0.15, 0.2) is 40.9 Å². The van der Waals surface area contributed by atoms with Crippen LogP contribution in [0.25, 0.3) is 274 Å². The largest absolute Gasteiger partial charge is 0.456 e. The molecule has 145 heavy (non-hydrogen) atoms. The first kappa shape index (κ1) is 87.6. The average Bonchev–Trinajstić information content (AvgIpc) is 1.65. The van der Waals surface area contributed by atoms with Gasteiger partial charge in [-0.2, -0.15) is 13.7 Å². The number of pyridine rings is 7. The smallest absolute Gasteiger partial charge is 0.227 e. The molecule has 0 radical (unpaired) electrons. The van der Waals surface area contributed by atoms with Gasteiger partial charge in [0.1, 0.15) is 102 Å². The van der Waals surface area contributed by atoms with Crippen molar-refractivity contribution in [2.75, 3.05) is 0 Å². The molecule has 0 amide bonds. The third kappa shape index (κ3) is 14.5. The number of nitrogens with zero attached hydrogens (tertiary/aromatic N) is 7. The number of aryl methyl sites for hydroxylation is 15. The highest BCUT2D eigenvalue weighted by molar-refractivity contribution is 7.25. The molecule has 17 heterocycles. The monoisotopic (exact) mass is 1910 g/mol. The number of hydrogen-bond donors (Lipinski definition) is 0. The van der Waals surface area contributed by atoms with Gasteiger partial charge in [0, 0.05) is 131 Å². The van der Waals surface area contributed by atoms with Crippen LogP contribution in [0.15, 0.2) is 362 Å². The van der Waals surface area contributed by atoms with Crippen LogP contribution >= 0.6 is 11.3 Å². The minimum Gasteiger partial charge on any atom is -0.456 e. The Balaban J connectivity index is 0.0000000923. The highest BCUT2D eigenvalue weighted by atomic mass is 32.1. The van der Waals surface area contributed by atoms with Crippen LogP contribution in [0.1, 0.15) is 55.9 Å². The third-order valence-corrected chi connectivity index (χ3v) is 30.3. The van der Waals surface area contributed by atoms with Gasteiger partial charge in [-0.3, -0.25) is 0 Å². The van der Waals surface area contributed by atoms with Crippen LogP contribution in [-0.2, 0) is 35.2 Å². The Bertz CT molecular complexity index is 9900. The SMILES string of the molecule is Cc1ccc2c(c1)oc1c(-c3cc4c(c[n+]3C)oc3ccccc34)c(C)ccc12.Cc1ccc2c(c1)oc1c(-c3cc4c(c[n+]3C)sc3ccccc34)c(C)ccc12.Cc1ccc2c(c1)oc1c(-c3cc4oc5ccccc5c4c[n+]3C)c(C)ccc12.Cc1ccc2c(n1)oc1c(-c3cc4c(c[n+]3C)oc3ccccc34)c(C)ccc12.Cc1ccc2c(n1)oc1c(-c3cc4oc5ccccc5c4c[n+]3C)c(C)ccc12. The molecule has 0 aliphatic rings. The summed E-state index contributed by atoms with van der Waals surface area (Å²) in [5.41, 5.74) is 38.4. The van der Waals surface area contributed by atoms with E-state index in [-0.39, 0.29) is 0 Å². The van der Waals surface area contributed by atoms with E-state index in [4.69, 9.17) is 39.8 Å². The molecule has 13 aromatic carbocycles. The van der Waals surface area contributed by atoms with E-state index in [1.165, 1.54) is 75.6 Å². The van der Waals surface area contributed by atoms with E-state index in [0.717, 1.165) is 243 Å². The number of rotatable bonds is 5. The van der Waals surface area contributed by atoms with Crippen molar-refractivity contribution in [3.05, 3.63) is 378 Å². The van der Waals surface area contributed by atoms with Crippen LogP contribution in [0.5, 0.6) is 0 Å². The third-order valence-electron chi connectivity index (χ3n) is 29.2. The Hall–Kier alpha value is -17.7. The summed E-state index contributed by atoms with van der Waals surface area (Å²) in [4.78, 5) is 9.18. The van der Waals surface area contributed by atoms with Gasteiger partial charge >= 0.3 is 0 Å². The zero-order valence-electron chi connectivity index (χ0n) is 82.8. The molecule has 0 N–H and O–H groups in total. The quantitative estimate of drug-likeness (QED) is 0.151. The zero-order chi connectivity index (χ0) is 98.5. The maximum atomic E-state index is 6.42. The summed E-state index contributed by atoms with van der Waals surface area (Å²) >= 11 is 1.85. The molecular weight excluding hydrogens is 1810 g/mol. The number of para-hydroxylation sites is 4. The molecule has 30 rings (SSSR count). The van der Waals surface area contributed by atoms with E-state index in [9.17, 15) is 0 Å². The van der Waals surface area contributed by atoms with Crippen molar-refractivity contribution < 1.29 is 62.6 Å². The molecule has 0 bridgehead atoms. The number of aromatic nitrogens is 7. The van der Waals surface area contributed by atoms with Crippen molar-refractivity contribution in [1.29, 1.82) is 0 Å². The summed E-state index contributed by atoms with van der Waals surface area (Å²) in [6.45, 7) is 20.9. The van der Waals surface area contributed by atoms with E-state index in [0.29, 0.717) is 11.4 Å². The van der Waals surface area contributed by atoms with Gasteiger partial charge in [-0.05, 0) is 187 Å². The van der Waals surface area contributed by atoms with Gasteiger partial charge in [-0.15, -0.1) is 11.3 Å². The van der Waals surface area contributed by atoms with Crippen molar-refractivity contribution in [3.8, 4) is 56.3 Å². The summed E-state index contributed by atoms with van der Waals surface area (Å²) in [7, 11) is 10.4. The van der Waals surface area contributed by atoms with E-state index in [2.05, 4.69) is 353 Å². The Morgan fingerprint density at radius 2 is 0.455 bits per heavy atom. The molecule has 0 aliphatic carbocycles. The predicted octanol–water partition coefficient (Wildman–Crippen LogP) is 32.2. The van der Waals surface area contributed by atoms with Crippen molar-refractivity contribution >= 4 is 229 Å². The van der Waals surface area contributed by atoms with Gasteiger partial charge in [0.05, 0.1) is 55.4 Å². The van der Waals surface area contributed by atoms with Crippen molar-refractivity contribution in [2.24, 2.45) is 35.2 Å². The minimum absolute atomic E-state index is 0.680. The average molecular weight is 1910 g/mol. The number of benzene rings is 13.